The summed E-state index contributed by atoms with van der Waals surface area (Å²) < 4.78 is 28.0. The smallest absolute Gasteiger partial charge is 0.338 e. The standard InChI is InChI=1S/C17H23NO5S/c1-12(2)13-4-6-14(7-5-13)16(20)23-10-15(19)18-17(3)8-9-24(21,22)11-17/h4-7,12H,8-11H2,1-3H3,(H,18,19)/t17-/m1/s1. The Balaban J connectivity index is 1.86. The number of amides is 1. The first kappa shape index (κ1) is 18.4. The van der Waals surface area contributed by atoms with Crippen LogP contribution in [0.3, 0.4) is 0 Å². The van der Waals surface area contributed by atoms with Gasteiger partial charge in [0.25, 0.3) is 5.91 Å². The first-order chi connectivity index (χ1) is 11.1. The van der Waals surface area contributed by atoms with E-state index in [4.69, 9.17) is 4.74 Å². The van der Waals surface area contributed by atoms with E-state index in [0.29, 0.717) is 17.9 Å². The van der Waals surface area contributed by atoms with E-state index in [9.17, 15) is 18.0 Å². The van der Waals surface area contributed by atoms with Crippen molar-refractivity contribution in [2.45, 2.75) is 38.6 Å². The number of carbonyl (C=O) groups is 2. The molecule has 0 aromatic heterocycles. The van der Waals surface area contributed by atoms with Gasteiger partial charge in [0.1, 0.15) is 0 Å². The van der Waals surface area contributed by atoms with E-state index in [1.54, 1.807) is 19.1 Å². The molecule has 0 bridgehead atoms. The molecule has 1 aliphatic heterocycles. The fourth-order valence-corrected chi connectivity index (χ4v) is 4.79. The molecule has 0 spiro atoms. The third-order valence-electron chi connectivity index (χ3n) is 4.09. The van der Waals surface area contributed by atoms with Crippen LogP contribution in [0, 0.1) is 0 Å². The Hall–Kier alpha value is -1.89. The van der Waals surface area contributed by atoms with Crippen molar-refractivity contribution in [1.82, 2.24) is 5.32 Å². The number of hydrogen-bond acceptors (Lipinski definition) is 5. The molecule has 6 nitrogen and oxygen atoms in total. The highest BCUT2D eigenvalue weighted by Crippen LogP contribution is 2.22. The molecule has 1 N–H and O–H groups in total. The minimum Gasteiger partial charge on any atom is -0.452 e. The summed E-state index contributed by atoms with van der Waals surface area (Å²) in [4.78, 5) is 23.9. The molecule has 24 heavy (non-hydrogen) atoms. The molecule has 1 saturated heterocycles. The molecule has 0 aliphatic carbocycles. The highest BCUT2D eigenvalue weighted by atomic mass is 32.2. The molecule has 1 aliphatic rings. The third kappa shape index (κ3) is 4.80. The van der Waals surface area contributed by atoms with Crippen molar-refractivity contribution in [3.05, 3.63) is 35.4 Å². The maximum absolute atomic E-state index is 12.0. The van der Waals surface area contributed by atoms with Crippen LogP contribution in [0.5, 0.6) is 0 Å². The summed E-state index contributed by atoms with van der Waals surface area (Å²) in [5, 5.41) is 2.65. The van der Waals surface area contributed by atoms with Crippen LogP contribution in [0.2, 0.25) is 0 Å². The highest BCUT2D eigenvalue weighted by molar-refractivity contribution is 7.91. The number of nitrogens with one attached hydrogen (secondary N) is 1. The molecule has 7 heteroatoms. The number of ether oxygens (including phenoxy) is 1. The lowest BCUT2D eigenvalue weighted by Crippen LogP contribution is -2.48. The van der Waals surface area contributed by atoms with Crippen LogP contribution in [-0.4, -0.2) is 43.9 Å². The summed E-state index contributed by atoms with van der Waals surface area (Å²) in [6, 6.07) is 7.04. The molecule has 132 valence electrons. The maximum atomic E-state index is 12.0. The summed E-state index contributed by atoms with van der Waals surface area (Å²) in [5.74, 6) is -0.738. The zero-order valence-corrected chi connectivity index (χ0v) is 15.0. The summed E-state index contributed by atoms with van der Waals surface area (Å²) in [6.07, 6.45) is 0.367. The fourth-order valence-electron chi connectivity index (χ4n) is 2.70. The van der Waals surface area contributed by atoms with E-state index in [-0.39, 0.29) is 11.5 Å². The van der Waals surface area contributed by atoms with Crippen LogP contribution < -0.4 is 5.32 Å². The van der Waals surface area contributed by atoms with Gasteiger partial charge >= 0.3 is 5.97 Å². The number of carbonyl (C=O) groups excluding carboxylic acids is 2. The van der Waals surface area contributed by atoms with Crippen LogP contribution in [0.15, 0.2) is 24.3 Å². The van der Waals surface area contributed by atoms with Crippen molar-refractivity contribution < 1.29 is 22.7 Å². The lowest BCUT2D eigenvalue weighted by molar-refractivity contribution is -0.125. The summed E-state index contributed by atoms with van der Waals surface area (Å²) in [6.45, 7) is 5.37. The molecule has 1 aromatic carbocycles. The van der Waals surface area contributed by atoms with Gasteiger partial charge in [-0.1, -0.05) is 26.0 Å². The van der Waals surface area contributed by atoms with Crippen molar-refractivity contribution in [2.24, 2.45) is 0 Å². The summed E-state index contributed by atoms with van der Waals surface area (Å²) in [7, 11) is -3.11. The van der Waals surface area contributed by atoms with Crippen molar-refractivity contribution in [2.75, 3.05) is 18.1 Å². The average Bonchev–Trinajstić information content (AvgIpc) is 2.78. The Labute approximate surface area is 142 Å². The van der Waals surface area contributed by atoms with Gasteiger partial charge in [-0.25, -0.2) is 13.2 Å². The number of hydrogen-bond donors (Lipinski definition) is 1. The molecule has 0 saturated carbocycles. The fraction of sp³-hybridized carbons (Fsp3) is 0.529. The van der Waals surface area contributed by atoms with Crippen LogP contribution in [-0.2, 0) is 19.4 Å². The van der Waals surface area contributed by atoms with Crippen LogP contribution in [0.25, 0.3) is 0 Å². The van der Waals surface area contributed by atoms with Crippen molar-refractivity contribution in [3.8, 4) is 0 Å². The first-order valence-electron chi connectivity index (χ1n) is 7.89. The Morgan fingerprint density at radius 1 is 1.25 bits per heavy atom. The van der Waals surface area contributed by atoms with E-state index in [0.717, 1.165) is 5.56 Å². The number of sulfone groups is 1. The Morgan fingerprint density at radius 2 is 1.88 bits per heavy atom. The van der Waals surface area contributed by atoms with Gasteiger partial charge in [-0.05, 0) is 37.0 Å². The van der Waals surface area contributed by atoms with Gasteiger partial charge in [-0.2, -0.15) is 0 Å². The number of rotatable bonds is 5. The monoisotopic (exact) mass is 353 g/mol. The molecule has 0 unspecified atom stereocenters. The lowest BCUT2D eigenvalue weighted by Gasteiger charge is -2.23. The Bertz CT molecular complexity index is 724. The van der Waals surface area contributed by atoms with Crippen LogP contribution in [0.1, 0.15) is 49.0 Å². The van der Waals surface area contributed by atoms with Crippen molar-refractivity contribution in [1.29, 1.82) is 0 Å². The molecule has 1 amide bonds. The van der Waals surface area contributed by atoms with Crippen LogP contribution in [0.4, 0.5) is 0 Å². The molecule has 1 atom stereocenters. The minimum atomic E-state index is -3.11. The second-order valence-corrected chi connectivity index (χ2v) is 8.99. The molecule has 1 fully saturated rings. The Kier molecular flexibility index (Phi) is 5.32. The molecule has 2 rings (SSSR count). The normalized spacial score (nSPS) is 22.3. The van der Waals surface area contributed by atoms with E-state index in [1.165, 1.54) is 0 Å². The van der Waals surface area contributed by atoms with Gasteiger partial charge in [0.05, 0.1) is 22.6 Å². The molecule has 1 aromatic rings. The zero-order chi connectivity index (χ0) is 18.0. The van der Waals surface area contributed by atoms with Gasteiger partial charge in [-0.15, -0.1) is 0 Å². The van der Waals surface area contributed by atoms with E-state index >= 15 is 0 Å². The van der Waals surface area contributed by atoms with E-state index in [2.05, 4.69) is 19.2 Å². The second-order valence-electron chi connectivity index (χ2n) is 6.80. The highest BCUT2D eigenvalue weighted by Gasteiger charge is 2.39. The minimum absolute atomic E-state index is 0.0613. The molecular weight excluding hydrogens is 330 g/mol. The Morgan fingerprint density at radius 3 is 2.38 bits per heavy atom. The quantitative estimate of drug-likeness (QED) is 0.813. The van der Waals surface area contributed by atoms with E-state index < -0.39 is 33.9 Å². The average molecular weight is 353 g/mol. The molecule has 1 heterocycles. The zero-order valence-electron chi connectivity index (χ0n) is 14.2. The predicted molar refractivity (Wildman–Crippen MR) is 90.6 cm³/mol. The van der Waals surface area contributed by atoms with Gasteiger partial charge in [0, 0.05) is 0 Å². The second kappa shape index (κ2) is 6.93. The van der Waals surface area contributed by atoms with Gasteiger partial charge in [0.2, 0.25) is 0 Å². The molecule has 0 radical (unpaired) electrons. The van der Waals surface area contributed by atoms with Gasteiger partial charge < -0.3 is 10.1 Å². The van der Waals surface area contributed by atoms with E-state index in [1.807, 2.05) is 12.1 Å². The van der Waals surface area contributed by atoms with Gasteiger partial charge in [-0.3, -0.25) is 4.79 Å². The first-order valence-corrected chi connectivity index (χ1v) is 9.71. The summed E-state index contributed by atoms with van der Waals surface area (Å²) >= 11 is 0. The van der Waals surface area contributed by atoms with Gasteiger partial charge in [0.15, 0.2) is 16.4 Å². The predicted octanol–water partition coefficient (Wildman–Crippen LogP) is 1.66. The van der Waals surface area contributed by atoms with Crippen molar-refractivity contribution in [3.63, 3.8) is 0 Å². The summed E-state index contributed by atoms with van der Waals surface area (Å²) in [5.41, 5.74) is 0.697. The number of esters is 1. The lowest BCUT2D eigenvalue weighted by atomic mass is 10.0. The van der Waals surface area contributed by atoms with Crippen molar-refractivity contribution >= 4 is 21.7 Å². The molecular formula is C17H23NO5S. The maximum Gasteiger partial charge on any atom is 0.338 e. The topological polar surface area (TPSA) is 89.5 Å². The number of benzene rings is 1. The largest absolute Gasteiger partial charge is 0.452 e. The SMILES string of the molecule is CC(C)c1ccc(C(=O)OCC(=O)N[C@]2(C)CCS(=O)(=O)C2)cc1. The van der Waals surface area contributed by atoms with Crippen LogP contribution >= 0.6 is 0 Å². The third-order valence-corrected chi connectivity index (χ3v) is 6.00.